The van der Waals surface area contributed by atoms with Gasteiger partial charge >= 0.3 is 5.97 Å². The number of ether oxygens (including phenoxy) is 1. The molecule has 1 aromatic carbocycles. The van der Waals surface area contributed by atoms with Gasteiger partial charge in [-0.15, -0.1) is 16.4 Å². The molecule has 36 heavy (non-hydrogen) atoms. The molecule has 0 saturated heterocycles. The zero-order chi connectivity index (χ0) is 25.7. The second-order valence-electron chi connectivity index (χ2n) is 9.59. The Kier molecular flexibility index (Phi) is 8.36. The zero-order valence-corrected chi connectivity index (χ0v) is 22.2. The average molecular weight is 507 g/mol. The van der Waals surface area contributed by atoms with E-state index < -0.39 is 5.97 Å². The smallest absolute Gasteiger partial charge is 0.343 e. The van der Waals surface area contributed by atoms with Crippen LogP contribution in [0.25, 0.3) is 17.8 Å². The summed E-state index contributed by atoms with van der Waals surface area (Å²) in [6.45, 7) is 8.18. The predicted octanol–water partition coefficient (Wildman–Crippen LogP) is 6.24. The van der Waals surface area contributed by atoms with E-state index in [-0.39, 0.29) is 24.5 Å². The number of hydrogen-bond acceptors (Lipinski definition) is 6. The van der Waals surface area contributed by atoms with E-state index >= 15 is 0 Å². The number of amides is 1. The topological polar surface area (TPSA) is 77.3 Å². The van der Waals surface area contributed by atoms with Gasteiger partial charge in [-0.05, 0) is 76.1 Å². The molecule has 2 heterocycles. The number of benzene rings is 1. The van der Waals surface area contributed by atoms with Crippen molar-refractivity contribution in [1.29, 1.82) is 0 Å². The molecule has 0 spiro atoms. The van der Waals surface area contributed by atoms with E-state index in [0.717, 1.165) is 41.9 Å². The lowest BCUT2D eigenvalue weighted by atomic mass is 9.82. The Morgan fingerprint density at radius 3 is 2.50 bits per heavy atom. The summed E-state index contributed by atoms with van der Waals surface area (Å²) >= 11 is 1.58. The van der Waals surface area contributed by atoms with E-state index in [1.54, 1.807) is 40.2 Å². The van der Waals surface area contributed by atoms with Crippen molar-refractivity contribution in [3.8, 4) is 5.69 Å². The van der Waals surface area contributed by atoms with E-state index in [2.05, 4.69) is 11.9 Å². The number of rotatable bonds is 8. The summed E-state index contributed by atoms with van der Waals surface area (Å²) < 4.78 is 6.98. The minimum atomic E-state index is -0.475. The van der Waals surface area contributed by atoms with Crippen molar-refractivity contribution in [2.75, 3.05) is 11.5 Å². The highest BCUT2D eigenvalue weighted by Gasteiger charge is 2.34. The molecular formula is C28H34N4O3S. The fourth-order valence-electron chi connectivity index (χ4n) is 4.56. The first kappa shape index (κ1) is 25.8. The van der Waals surface area contributed by atoms with Crippen LogP contribution < -0.4 is 4.90 Å². The molecule has 1 fully saturated rings. The summed E-state index contributed by atoms with van der Waals surface area (Å²) in [6, 6.07) is 7.71. The Morgan fingerprint density at radius 1 is 1.17 bits per heavy atom. The highest BCUT2D eigenvalue weighted by atomic mass is 32.1. The lowest BCUT2D eigenvalue weighted by molar-refractivity contribution is -0.124. The second-order valence-corrected chi connectivity index (χ2v) is 10.5. The molecule has 2 aromatic heterocycles. The molecule has 0 radical (unpaired) electrons. The summed E-state index contributed by atoms with van der Waals surface area (Å²) in [7, 11) is 0. The molecule has 0 atom stereocenters. The minimum absolute atomic E-state index is 0.0374. The minimum Gasteiger partial charge on any atom is -0.462 e. The number of esters is 1. The summed E-state index contributed by atoms with van der Waals surface area (Å²) in [6.07, 6.45) is 11.3. The van der Waals surface area contributed by atoms with Gasteiger partial charge in [0, 0.05) is 29.7 Å². The normalized spacial score (nSPS) is 18.0. The fourth-order valence-corrected chi connectivity index (χ4v) is 5.09. The Labute approximate surface area is 216 Å². The number of aromatic nitrogens is 3. The van der Waals surface area contributed by atoms with Crippen LogP contribution in [0.3, 0.4) is 0 Å². The summed E-state index contributed by atoms with van der Waals surface area (Å²) in [5, 5.41) is 7.64. The van der Waals surface area contributed by atoms with Crippen molar-refractivity contribution >= 4 is 41.2 Å². The van der Waals surface area contributed by atoms with Crippen LogP contribution in [0.5, 0.6) is 0 Å². The highest BCUT2D eigenvalue weighted by Crippen LogP contribution is 2.33. The predicted molar refractivity (Wildman–Crippen MR) is 144 cm³/mol. The Bertz CT molecular complexity index is 1190. The first-order valence-electron chi connectivity index (χ1n) is 12.6. The number of anilines is 1. The highest BCUT2D eigenvalue weighted by molar-refractivity contribution is 7.10. The first-order chi connectivity index (χ1) is 17.4. The van der Waals surface area contributed by atoms with Crippen LogP contribution in [0.1, 0.15) is 74.3 Å². The molecular weight excluding hydrogens is 472 g/mol. The second kappa shape index (κ2) is 11.6. The maximum Gasteiger partial charge on any atom is 0.343 e. The third kappa shape index (κ3) is 5.93. The number of nitrogens with zero attached hydrogens (tertiary/aromatic N) is 4. The van der Waals surface area contributed by atoms with Crippen LogP contribution in [0.2, 0.25) is 0 Å². The quantitative estimate of drug-likeness (QED) is 0.338. The molecule has 0 aliphatic heterocycles. The van der Waals surface area contributed by atoms with Crippen LogP contribution in [0, 0.1) is 11.8 Å². The average Bonchev–Trinajstić information content (AvgIpc) is 3.54. The van der Waals surface area contributed by atoms with E-state index in [1.807, 2.05) is 55.6 Å². The Balaban J connectivity index is 1.65. The van der Waals surface area contributed by atoms with Crippen LogP contribution in [-0.4, -0.2) is 39.3 Å². The van der Waals surface area contributed by atoms with E-state index in [9.17, 15) is 9.59 Å². The summed E-state index contributed by atoms with van der Waals surface area (Å²) in [4.78, 5) is 32.5. The van der Waals surface area contributed by atoms with Crippen LogP contribution in [-0.2, 0) is 9.53 Å². The SMILES string of the molecule is CCOC(=O)c1cn(-c2ccc(C=Cc3nccs3)cc2)nc1N(C(=O)[C@H]1CC[C@H](C)CC1)C(C)C. The number of carbonyl (C=O) groups excluding carboxylic acids is 2. The molecule has 1 amide bonds. The van der Waals surface area contributed by atoms with Gasteiger partial charge in [-0.3, -0.25) is 9.69 Å². The van der Waals surface area contributed by atoms with Gasteiger partial charge in [0.05, 0.1) is 12.3 Å². The fraction of sp³-hybridized carbons (Fsp3) is 0.429. The van der Waals surface area contributed by atoms with Crippen molar-refractivity contribution in [2.45, 2.75) is 59.4 Å². The van der Waals surface area contributed by atoms with Gasteiger partial charge in [0.25, 0.3) is 0 Å². The van der Waals surface area contributed by atoms with E-state index in [1.165, 1.54) is 0 Å². The third-order valence-corrected chi connectivity index (χ3v) is 7.31. The van der Waals surface area contributed by atoms with Gasteiger partial charge in [-0.2, -0.15) is 0 Å². The van der Waals surface area contributed by atoms with Gasteiger partial charge in [0.15, 0.2) is 5.82 Å². The molecule has 0 bridgehead atoms. The maximum atomic E-state index is 13.7. The zero-order valence-electron chi connectivity index (χ0n) is 21.4. The standard InChI is InChI=1S/C28H34N4O3S/c1-5-35-28(34)24-18-31(23-13-8-21(9-14-23)10-15-25-29-16-17-36-25)30-26(24)32(19(2)3)27(33)22-11-6-20(4)7-12-22/h8-10,13-20,22H,5-7,11-12H2,1-4H3/t20-,22-. The van der Waals surface area contributed by atoms with Crippen LogP contribution in [0.4, 0.5) is 5.82 Å². The number of hydrogen-bond donors (Lipinski definition) is 0. The molecule has 1 aliphatic rings. The van der Waals surface area contributed by atoms with Gasteiger partial charge in [-0.25, -0.2) is 14.5 Å². The van der Waals surface area contributed by atoms with Crippen molar-refractivity contribution in [2.24, 2.45) is 11.8 Å². The van der Waals surface area contributed by atoms with Crippen molar-refractivity contribution in [3.05, 3.63) is 58.2 Å². The molecule has 7 nitrogen and oxygen atoms in total. The Morgan fingerprint density at radius 2 is 1.89 bits per heavy atom. The molecule has 0 N–H and O–H groups in total. The molecule has 190 valence electrons. The lowest BCUT2D eigenvalue weighted by Crippen LogP contribution is -2.43. The van der Waals surface area contributed by atoms with Gasteiger partial charge in [-0.1, -0.05) is 25.1 Å². The van der Waals surface area contributed by atoms with Crippen molar-refractivity contribution < 1.29 is 14.3 Å². The maximum absolute atomic E-state index is 13.7. The first-order valence-corrected chi connectivity index (χ1v) is 13.5. The summed E-state index contributed by atoms with van der Waals surface area (Å²) in [5.41, 5.74) is 2.12. The van der Waals surface area contributed by atoms with Crippen molar-refractivity contribution in [1.82, 2.24) is 14.8 Å². The monoisotopic (exact) mass is 506 g/mol. The molecule has 8 heteroatoms. The molecule has 3 aromatic rings. The molecule has 1 aliphatic carbocycles. The van der Waals surface area contributed by atoms with Gasteiger partial charge < -0.3 is 4.74 Å². The van der Waals surface area contributed by atoms with Crippen LogP contribution in [0.15, 0.2) is 42.0 Å². The third-order valence-electron chi connectivity index (χ3n) is 6.56. The van der Waals surface area contributed by atoms with Gasteiger partial charge in [0.1, 0.15) is 10.6 Å². The largest absolute Gasteiger partial charge is 0.462 e. The number of carbonyl (C=O) groups is 2. The Hall–Kier alpha value is -3.26. The molecule has 0 unspecified atom stereocenters. The van der Waals surface area contributed by atoms with E-state index in [4.69, 9.17) is 9.84 Å². The molecule has 1 saturated carbocycles. The van der Waals surface area contributed by atoms with Crippen molar-refractivity contribution in [3.63, 3.8) is 0 Å². The number of thiazole rings is 1. The van der Waals surface area contributed by atoms with E-state index in [0.29, 0.717) is 17.3 Å². The van der Waals surface area contributed by atoms with Gasteiger partial charge in [0.2, 0.25) is 5.91 Å². The lowest BCUT2D eigenvalue weighted by Gasteiger charge is -2.32. The van der Waals surface area contributed by atoms with Crippen LogP contribution >= 0.6 is 11.3 Å². The molecule has 4 rings (SSSR count). The summed E-state index contributed by atoms with van der Waals surface area (Å²) in [5.74, 6) is 0.524.